The van der Waals surface area contributed by atoms with Crippen LogP contribution in [-0.2, 0) is 17.7 Å². The van der Waals surface area contributed by atoms with Gasteiger partial charge in [-0.3, -0.25) is 9.80 Å². The molecule has 130 valence electrons. The van der Waals surface area contributed by atoms with Crippen LogP contribution in [-0.4, -0.2) is 52.7 Å². The summed E-state index contributed by atoms with van der Waals surface area (Å²) in [6.45, 7) is 3.41. The molecular formula is C19H22N4O2. The first-order chi connectivity index (χ1) is 12.2. The minimum atomic E-state index is -0.312. The molecule has 2 aliphatic heterocycles. The normalized spacial score (nSPS) is 23.4. The zero-order chi connectivity index (χ0) is 17.3. The first kappa shape index (κ1) is 15.9. The Morgan fingerprint density at radius 2 is 2.00 bits per heavy atom. The Labute approximate surface area is 147 Å². The van der Waals surface area contributed by atoms with Gasteiger partial charge in [-0.1, -0.05) is 36.4 Å². The van der Waals surface area contributed by atoms with E-state index in [1.807, 2.05) is 35.2 Å². The molecule has 0 bridgehead atoms. The van der Waals surface area contributed by atoms with E-state index in [0.717, 1.165) is 31.6 Å². The fraction of sp³-hybridized carbons (Fsp3) is 0.368. The number of carbonyl (C=O) groups is 1. The number of hydrogen-bond acceptors (Lipinski definition) is 5. The van der Waals surface area contributed by atoms with Crippen molar-refractivity contribution in [3.8, 4) is 0 Å². The van der Waals surface area contributed by atoms with E-state index in [-0.39, 0.29) is 11.6 Å². The maximum Gasteiger partial charge on any atom is 0.410 e. The highest BCUT2D eigenvalue weighted by molar-refractivity contribution is 5.71. The van der Waals surface area contributed by atoms with Crippen molar-refractivity contribution in [2.75, 3.05) is 32.0 Å². The summed E-state index contributed by atoms with van der Waals surface area (Å²) >= 11 is 0. The van der Waals surface area contributed by atoms with Crippen molar-refractivity contribution in [1.29, 1.82) is 0 Å². The summed E-state index contributed by atoms with van der Waals surface area (Å²) < 4.78 is 5.42. The van der Waals surface area contributed by atoms with Crippen molar-refractivity contribution in [2.24, 2.45) is 0 Å². The number of fused-ring (bicyclic) bond motifs is 1. The van der Waals surface area contributed by atoms with Crippen molar-refractivity contribution in [3.63, 3.8) is 0 Å². The fourth-order valence-electron chi connectivity index (χ4n) is 3.88. The summed E-state index contributed by atoms with van der Waals surface area (Å²) in [5, 5.41) is 0. The highest BCUT2D eigenvalue weighted by Crippen LogP contribution is 2.33. The zero-order valence-electron chi connectivity index (χ0n) is 14.1. The van der Waals surface area contributed by atoms with Gasteiger partial charge in [0.1, 0.15) is 12.4 Å². The smallest absolute Gasteiger partial charge is 0.410 e. The number of hydrogen-bond donors (Lipinski definition) is 1. The van der Waals surface area contributed by atoms with Crippen molar-refractivity contribution >= 4 is 11.9 Å². The molecule has 1 amide bonds. The van der Waals surface area contributed by atoms with Crippen LogP contribution in [0.15, 0.2) is 48.7 Å². The summed E-state index contributed by atoms with van der Waals surface area (Å²) in [5.74, 6) is 0.570. The third-order valence-corrected chi connectivity index (χ3v) is 5.11. The number of carbonyl (C=O) groups excluding carboxylic acids is 1. The first-order valence-electron chi connectivity index (χ1n) is 8.56. The minimum absolute atomic E-state index is 0.198. The van der Waals surface area contributed by atoms with Gasteiger partial charge in [-0.05, 0) is 11.6 Å². The Morgan fingerprint density at radius 1 is 1.16 bits per heavy atom. The lowest BCUT2D eigenvalue weighted by Gasteiger charge is -2.45. The van der Waals surface area contributed by atoms with Gasteiger partial charge in [0.2, 0.25) is 0 Å². The van der Waals surface area contributed by atoms with Crippen molar-refractivity contribution < 1.29 is 9.53 Å². The third-order valence-electron chi connectivity index (χ3n) is 5.11. The van der Waals surface area contributed by atoms with Gasteiger partial charge in [-0.25, -0.2) is 9.78 Å². The number of cyclic esters (lactones) is 1. The number of piperazine rings is 1. The second kappa shape index (κ2) is 6.37. The molecule has 4 rings (SSSR count). The average molecular weight is 338 g/mol. The number of pyridine rings is 1. The largest absolute Gasteiger partial charge is 0.447 e. The number of amides is 1. The van der Waals surface area contributed by atoms with E-state index in [1.165, 1.54) is 5.56 Å². The quantitative estimate of drug-likeness (QED) is 0.922. The first-order valence-corrected chi connectivity index (χ1v) is 8.56. The van der Waals surface area contributed by atoms with Crippen LogP contribution in [0.2, 0.25) is 0 Å². The van der Waals surface area contributed by atoms with Crippen molar-refractivity contribution in [1.82, 2.24) is 14.8 Å². The Balaban J connectivity index is 1.56. The summed E-state index contributed by atoms with van der Waals surface area (Å²) in [4.78, 5) is 20.6. The maximum absolute atomic E-state index is 12.2. The standard InChI is InChI=1S/C19H22N4O2/c20-17-16(7-4-8-21-17)12-22-9-10-23-18(24)25-14-19(23,13-22)11-15-5-2-1-3-6-15/h1-8H,9-14H2,(H2,20,21). The zero-order valence-corrected chi connectivity index (χ0v) is 14.1. The van der Waals surface area contributed by atoms with Crippen LogP contribution < -0.4 is 5.73 Å². The molecule has 2 aromatic rings. The van der Waals surface area contributed by atoms with Gasteiger partial charge < -0.3 is 10.5 Å². The lowest BCUT2D eigenvalue weighted by atomic mass is 9.88. The Morgan fingerprint density at radius 3 is 2.80 bits per heavy atom. The molecule has 0 radical (unpaired) electrons. The van der Waals surface area contributed by atoms with E-state index >= 15 is 0 Å². The number of anilines is 1. The predicted octanol–water partition coefficient (Wildman–Crippen LogP) is 1.91. The average Bonchev–Trinajstić information content (AvgIpc) is 2.94. The topological polar surface area (TPSA) is 71.7 Å². The van der Waals surface area contributed by atoms with Gasteiger partial charge in [0.25, 0.3) is 0 Å². The monoisotopic (exact) mass is 338 g/mol. The summed E-state index contributed by atoms with van der Waals surface area (Å²) in [7, 11) is 0. The summed E-state index contributed by atoms with van der Waals surface area (Å²) in [5.41, 5.74) is 7.92. The molecule has 2 aliphatic rings. The van der Waals surface area contributed by atoms with Crippen molar-refractivity contribution in [2.45, 2.75) is 18.5 Å². The Kier molecular flexibility index (Phi) is 4.05. The van der Waals surface area contributed by atoms with E-state index in [1.54, 1.807) is 6.20 Å². The SMILES string of the molecule is Nc1ncccc1CN1CCN2C(=O)OCC2(Cc2ccccc2)C1. The van der Waals surface area contributed by atoms with E-state index in [2.05, 4.69) is 22.0 Å². The maximum atomic E-state index is 12.2. The number of ether oxygens (including phenoxy) is 1. The highest BCUT2D eigenvalue weighted by atomic mass is 16.6. The number of nitrogen functional groups attached to an aromatic ring is 1. The lowest BCUT2D eigenvalue weighted by Crippen LogP contribution is -2.62. The lowest BCUT2D eigenvalue weighted by molar-refractivity contribution is 0.0477. The summed E-state index contributed by atoms with van der Waals surface area (Å²) in [6, 6.07) is 14.2. The molecule has 2 fully saturated rings. The molecule has 2 N–H and O–H groups in total. The van der Waals surface area contributed by atoms with Gasteiger partial charge in [0, 0.05) is 44.4 Å². The van der Waals surface area contributed by atoms with Crippen LogP contribution in [0.3, 0.4) is 0 Å². The molecule has 0 saturated carbocycles. The van der Waals surface area contributed by atoms with Crippen LogP contribution in [0.4, 0.5) is 10.6 Å². The van der Waals surface area contributed by atoms with Gasteiger partial charge >= 0.3 is 6.09 Å². The molecule has 0 aliphatic carbocycles. The molecule has 6 nitrogen and oxygen atoms in total. The molecule has 1 atom stereocenters. The van der Waals surface area contributed by atoms with Crippen LogP contribution in [0, 0.1) is 0 Å². The molecule has 6 heteroatoms. The minimum Gasteiger partial charge on any atom is -0.447 e. The molecule has 3 heterocycles. The van der Waals surface area contributed by atoms with Crippen LogP contribution in [0.5, 0.6) is 0 Å². The molecular weight excluding hydrogens is 316 g/mol. The molecule has 1 unspecified atom stereocenters. The van der Waals surface area contributed by atoms with E-state index < -0.39 is 0 Å². The fourth-order valence-corrected chi connectivity index (χ4v) is 3.88. The van der Waals surface area contributed by atoms with E-state index in [0.29, 0.717) is 19.0 Å². The van der Waals surface area contributed by atoms with Crippen LogP contribution in [0.25, 0.3) is 0 Å². The molecule has 0 spiro atoms. The van der Waals surface area contributed by atoms with E-state index in [9.17, 15) is 4.79 Å². The molecule has 1 aromatic carbocycles. The molecule has 2 saturated heterocycles. The predicted molar refractivity (Wildman–Crippen MR) is 94.9 cm³/mol. The van der Waals surface area contributed by atoms with Gasteiger partial charge in [0.15, 0.2) is 0 Å². The van der Waals surface area contributed by atoms with E-state index in [4.69, 9.17) is 10.5 Å². The van der Waals surface area contributed by atoms with Gasteiger partial charge in [-0.2, -0.15) is 0 Å². The molecule has 1 aromatic heterocycles. The second-order valence-corrected chi connectivity index (χ2v) is 6.85. The van der Waals surface area contributed by atoms with Crippen LogP contribution in [0.1, 0.15) is 11.1 Å². The number of rotatable bonds is 4. The van der Waals surface area contributed by atoms with Crippen molar-refractivity contribution in [3.05, 3.63) is 59.8 Å². The number of aromatic nitrogens is 1. The van der Waals surface area contributed by atoms with Crippen LogP contribution >= 0.6 is 0 Å². The number of nitrogens with zero attached hydrogens (tertiary/aromatic N) is 3. The number of nitrogens with two attached hydrogens (primary N) is 1. The highest BCUT2D eigenvalue weighted by Gasteiger charge is 2.50. The Bertz CT molecular complexity index is 767. The number of benzene rings is 1. The second-order valence-electron chi connectivity index (χ2n) is 6.85. The summed E-state index contributed by atoms with van der Waals surface area (Å²) in [6.07, 6.45) is 2.30. The van der Waals surface area contributed by atoms with Gasteiger partial charge in [-0.15, -0.1) is 0 Å². The Hall–Kier alpha value is -2.60. The molecule has 25 heavy (non-hydrogen) atoms. The third kappa shape index (κ3) is 3.05. The van der Waals surface area contributed by atoms with Gasteiger partial charge in [0.05, 0.1) is 5.54 Å².